The molecule has 3 aromatic carbocycles. The molecule has 30 heavy (non-hydrogen) atoms. The molecule has 0 bridgehead atoms. The molecule has 1 aromatic heterocycles. The fourth-order valence-corrected chi connectivity index (χ4v) is 3.24. The Morgan fingerprint density at radius 3 is 2.63 bits per heavy atom. The number of hydrogen-bond acceptors (Lipinski definition) is 6. The Bertz CT molecular complexity index is 1180. The minimum absolute atomic E-state index is 0.190. The zero-order valence-electron chi connectivity index (χ0n) is 17.0. The maximum atomic E-state index is 11.4. The van der Waals surface area contributed by atoms with Gasteiger partial charge in [-0.3, -0.25) is 4.79 Å². The Hall–Kier alpha value is -3.54. The van der Waals surface area contributed by atoms with E-state index in [2.05, 4.69) is 4.98 Å². The van der Waals surface area contributed by atoms with Gasteiger partial charge in [-0.1, -0.05) is 12.1 Å². The van der Waals surface area contributed by atoms with Crippen LogP contribution in [-0.2, 0) is 9.53 Å². The van der Waals surface area contributed by atoms with Crippen molar-refractivity contribution in [3.05, 3.63) is 54.6 Å². The standard InChI is InChI=1S/C24H23NO5/c1-3-28-23(26)5-4-12-29-20-9-8-16-13-18(7-6-17(16)14-20)24-25-21-11-10-19(27-2)15-22(21)30-24/h6-11,13-15H,3-5,12H2,1-2H3. The van der Waals surface area contributed by atoms with Crippen LogP contribution in [0.4, 0.5) is 0 Å². The molecule has 0 unspecified atom stereocenters. The largest absolute Gasteiger partial charge is 0.497 e. The van der Waals surface area contributed by atoms with Crippen molar-refractivity contribution in [3.8, 4) is 23.0 Å². The highest BCUT2D eigenvalue weighted by atomic mass is 16.5. The fraction of sp³-hybridized carbons (Fsp3) is 0.250. The summed E-state index contributed by atoms with van der Waals surface area (Å²) in [5.74, 6) is 1.88. The number of esters is 1. The quantitative estimate of drug-likeness (QED) is 0.290. The van der Waals surface area contributed by atoms with Crippen LogP contribution in [0, 0.1) is 0 Å². The Morgan fingerprint density at radius 1 is 1.00 bits per heavy atom. The van der Waals surface area contributed by atoms with Gasteiger partial charge in [0.2, 0.25) is 5.89 Å². The zero-order valence-corrected chi connectivity index (χ0v) is 17.0. The maximum Gasteiger partial charge on any atom is 0.305 e. The van der Waals surface area contributed by atoms with Crippen LogP contribution < -0.4 is 9.47 Å². The Balaban J connectivity index is 1.47. The van der Waals surface area contributed by atoms with Gasteiger partial charge in [-0.25, -0.2) is 4.98 Å². The van der Waals surface area contributed by atoms with E-state index in [9.17, 15) is 4.79 Å². The van der Waals surface area contributed by atoms with Crippen molar-refractivity contribution in [2.24, 2.45) is 0 Å². The zero-order chi connectivity index (χ0) is 20.9. The molecule has 0 radical (unpaired) electrons. The Labute approximate surface area is 174 Å². The van der Waals surface area contributed by atoms with Crippen molar-refractivity contribution in [2.45, 2.75) is 19.8 Å². The van der Waals surface area contributed by atoms with Gasteiger partial charge >= 0.3 is 5.97 Å². The van der Waals surface area contributed by atoms with Crippen LogP contribution >= 0.6 is 0 Å². The summed E-state index contributed by atoms with van der Waals surface area (Å²) >= 11 is 0. The van der Waals surface area contributed by atoms with Crippen LogP contribution in [0.5, 0.6) is 11.5 Å². The lowest BCUT2D eigenvalue weighted by Gasteiger charge is -2.08. The molecule has 6 nitrogen and oxygen atoms in total. The number of fused-ring (bicyclic) bond motifs is 2. The first-order valence-corrected chi connectivity index (χ1v) is 9.93. The van der Waals surface area contributed by atoms with Gasteiger partial charge < -0.3 is 18.6 Å². The molecule has 4 aromatic rings. The summed E-state index contributed by atoms with van der Waals surface area (Å²) in [7, 11) is 1.63. The number of carbonyl (C=O) groups is 1. The third-order valence-electron chi connectivity index (χ3n) is 4.75. The smallest absolute Gasteiger partial charge is 0.305 e. The molecule has 0 spiro atoms. The third-order valence-corrected chi connectivity index (χ3v) is 4.75. The first-order chi connectivity index (χ1) is 14.7. The summed E-state index contributed by atoms with van der Waals surface area (Å²) in [6.45, 7) is 2.68. The first kappa shape index (κ1) is 19.8. The second kappa shape index (κ2) is 8.86. The highest BCUT2D eigenvalue weighted by molar-refractivity contribution is 5.88. The van der Waals surface area contributed by atoms with Crippen LogP contribution in [-0.4, -0.2) is 31.3 Å². The highest BCUT2D eigenvalue weighted by Gasteiger charge is 2.10. The number of ether oxygens (including phenoxy) is 3. The lowest BCUT2D eigenvalue weighted by molar-refractivity contribution is -0.143. The number of hydrogen-bond donors (Lipinski definition) is 0. The van der Waals surface area contributed by atoms with Gasteiger partial charge in [-0.2, -0.15) is 0 Å². The van der Waals surface area contributed by atoms with Crippen molar-refractivity contribution in [1.82, 2.24) is 4.98 Å². The molecule has 0 aliphatic rings. The molecule has 6 heteroatoms. The van der Waals surface area contributed by atoms with Crippen molar-refractivity contribution >= 4 is 27.8 Å². The van der Waals surface area contributed by atoms with E-state index in [-0.39, 0.29) is 5.97 Å². The molecular formula is C24H23NO5. The lowest BCUT2D eigenvalue weighted by Crippen LogP contribution is -2.06. The van der Waals surface area contributed by atoms with E-state index >= 15 is 0 Å². The first-order valence-electron chi connectivity index (χ1n) is 9.93. The number of benzene rings is 3. The lowest BCUT2D eigenvalue weighted by atomic mass is 10.1. The van der Waals surface area contributed by atoms with E-state index in [1.807, 2.05) is 54.6 Å². The molecule has 0 amide bonds. The van der Waals surface area contributed by atoms with Gasteiger partial charge in [0.05, 0.1) is 20.3 Å². The molecule has 4 rings (SSSR count). The predicted octanol–water partition coefficient (Wildman–Crippen LogP) is 5.38. The average Bonchev–Trinajstić information content (AvgIpc) is 3.20. The van der Waals surface area contributed by atoms with E-state index in [0.717, 1.165) is 33.4 Å². The van der Waals surface area contributed by atoms with Gasteiger partial charge in [0.25, 0.3) is 0 Å². The van der Waals surface area contributed by atoms with Crippen LogP contribution in [0.3, 0.4) is 0 Å². The minimum Gasteiger partial charge on any atom is -0.497 e. The monoisotopic (exact) mass is 405 g/mol. The van der Waals surface area contributed by atoms with E-state index in [4.69, 9.17) is 18.6 Å². The fourth-order valence-electron chi connectivity index (χ4n) is 3.24. The Morgan fingerprint density at radius 2 is 1.80 bits per heavy atom. The maximum absolute atomic E-state index is 11.4. The van der Waals surface area contributed by atoms with Gasteiger partial charge in [-0.15, -0.1) is 0 Å². The molecule has 0 saturated carbocycles. The Kier molecular flexibility index (Phi) is 5.84. The normalized spacial score (nSPS) is 11.0. The van der Waals surface area contributed by atoms with Gasteiger partial charge in [0.1, 0.15) is 17.0 Å². The summed E-state index contributed by atoms with van der Waals surface area (Å²) in [5, 5.41) is 2.12. The second-order valence-electron chi connectivity index (χ2n) is 6.83. The molecule has 0 aliphatic carbocycles. The topological polar surface area (TPSA) is 70.8 Å². The molecule has 0 saturated heterocycles. The van der Waals surface area contributed by atoms with Crippen molar-refractivity contribution < 1.29 is 23.4 Å². The number of oxazole rings is 1. The summed E-state index contributed by atoms with van der Waals surface area (Å²) in [6.07, 6.45) is 0.986. The molecule has 0 N–H and O–H groups in total. The van der Waals surface area contributed by atoms with Crippen molar-refractivity contribution in [3.63, 3.8) is 0 Å². The summed E-state index contributed by atoms with van der Waals surface area (Å²) in [4.78, 5) is 15.9. The number of nitrogens with zero attached hydrogens (tertiary/aromatic N) is 1. The number of rotatable bonds is 8. The van der Waals surface area contributed by atoms with Gasteiger partial charge in [0.15, 0.2) is 5.58 Å². The molecule has 0 aliphatic heterocycles. The van der Waals surface area contributed by atoms with E-state index in [0.29, 0.717) is 37.5 Å². The third kappa shape index (κ3) is 4.38. The second-order valence-corrected chi connectivity index (χ2v) is 6.83. The molecule has 0 fully saturated rings. The SMILES string of the molecule is CCOC(=O)CCCOc1ccc2cc(-c3nc4ccc(OC)cc4o3)ccc2c1. The number of aromatic nitrogens is 1. The van der Waals surface area contributed by atoms with Crippen LogP contribution in [0.25, 0.3) is 33.3 Å². The van der Waals surface area contributed by atoms with E-state index < -0.39 is 0 Å². The van der Waals surface area contributed by atoms with Crippen LogP contribution in [0.1, 0.15) is 19.8 Å². The van der Waals surface area contributed by atoms with Crippen LogP contribution in [0.15, 0.2) is 59.0 Å². The van der Waals surface area contributed by atoms with Crippen molar-refractivity contribution in [2.75, 3.05) is 20.3 Å². The number of carbonyl (C=O) groups excluding carboxylic acids is 1. The van der Waals surface area contributed by atoms with E-state index in [1.54, 1.807) is 14.0 Å². The molecule has 0 atom stereocenters. The van der Waals surface area contributed by atoms with Gasteiger partial charge in [-0.05, 0) is 60.5 Å². The minimum atomic E-state index is -0.190. The van der Waals surface area contributed by atoms with E-state index in [1.165, 1.54) is 0 Å². The molecular weight excluding hydrogens is 382 g/mol. The highest BCUT2D eigenvalue weighted by Crippen LogP contribution is 2.30. The molecule has 1 heterocycles. The average molecular weight is 405 g/mol. The molecule has 154 valence electrons. The number of methoxy groups -OCH3 is 1. The van der Waals surface area contributed by atoms with Gasteiger partial charge in [0, 0.05) is 18.1 Å². The summed E-state index contributed by atoms with van der Waals surface area (Å²) < 4.78 is 21.8. The summed E-state index contributed by atoms with van der Waals surface area (Å²) in [6, 6.07) is 17.5. The summed E-state index contributed by atoms with van der Waals surface area (Å²) in [5.41, 5.74) is 2.38. The van der Waals surface area contributed by atoms with Crippen molar-refractivity contribution in [1.29, 1.82) is 0 Å². The van der Waals surface area contributed by atoms with Crippen LogP contribution in [0.2, 0.25) is 0 Å². The predicted molar refractivity (Wildman–Crippen MR) is 115 cm³/mol.